The van der Waals surface area contributed by atoms with E-state index in [4.69, 9.17) is 28.3 Å². The SMILES string of the molecule is O=C(O)CC1CNCCN(C(=O)Cc2c(Cl)cccc2Cl)C1. The zero-order valence-corrected chi connectivity index (χ0v) is 13.5. The van der Waals surface area contributed by atoms with Crippen LogP contribution in [-0.2, 0) is 16.0 Å². The number of halogens is 2. The molecule has 0 aromatic heterocycles. The number of carbonyl (C=O) groups is 2. The summed E-state index contributed by atoms with van der Waals surface area (Å²) in [5, 5.41) is 13.0. The minimum atomic E-state index is -0.852. The summed E-state index contributed by atoms with van der Waals surface area (Å²) in [6, 6.07) is 5.14. The largest absolute Gasteiger partial charge is 0.481 e. The van der Waals surface area contributed by atoms with Gasteiger partial charge in [0.2, 0.25) is 5.91 Å². The van der Waals surface area contributed by atoms with E-state index in [0.717, 1.165) is 0 Å². The Bertz CT molecular complexity index is 545. The fourth-order valence-corrected chi connectivity index (χ4v) is 3.09. The molecule has 7 heteroatoms. The van der Waals surface area contributed by atoms with Gasteiger partial charge in [-0.1, -0.05) is 29.3 Å². The van der Waals surface area contributed by atoms with Crippen molar-refractivity contribution in [1.82, 2.24) is 10.2 Å². The van der Waals surface area contributed by atoms with Crippen LogP contribution in [0.1, 0.15) is 12.0 Å². The molecule has 22 heavy (non-hydrogen) atoms. The van der Waals surface area contributed by atoms with Gasteiger partial charge in [0.1, 0.15) is 0 Å². The zero-order valence-electron chi connectivity index (χ0n) is 12.0. The Labute approximate surface area is 139 Å². The summed E-state index contributed by atoms with van der Waals surface area (Å²) in [7, 11) is 0. The molecule has 1 aromatic rings. The molecule has 0 saturated carbocycles. The molecule has 2 N–H and O–H groups in total. The Morgan fingerprint density at radius 2 is 2.00 bits per heavy atom. The third-order valence-corrected chi connectivity index (χ3v) is 4.38. The predicted octanol–water partition coefficient (Wildman–Crippen LogP) is 2.06. The number of rotatable bonds is 4. The molecule has 1 aliphatic heterocycles. The molecular weight excluding hydrogens is 327 g/mol. The lowest BCUT2D eigenvalue weighted by atomic mass is 10.0. The third-order valence-electron chi connectivity index (χ3n) is 3.68. The van der Waals surface area contributed by atoms with Gasteiger partial charge in [-0.05, 0) is 23.6 Å². The molecule has 1 saturated heterocycles. The van der Waals surface area contributed by atoms with Gasteiger partial charge in [0.25, 0.3) is 0 Å². The summed E-state index contributed by atoms with van der Waals surface area (Å²) >= 11 is 12.2. The highest BCUT2D eigenvalue weighted by Gasteiger charge is 2.24. The molecule has 1 aliphatic rings. The van der Waals surface area contributed by atoms with Crippen LogP contribution >= 0.6 is 23.2 Å². The summed E-state index contributed by atoms with van der Waals surface area (Å²) in [6.07, 6.45) is 0.169. The molecule has 0 bridgehead atoms. The zero-order chi connectivity index (χ0) is 16.1. The monoisotopic (exact) mass is 344 g/mol. The average molecular weight is 345 g/mol. The molecule has 1 amide bonds. The third kappa shape index (κ3) is 4.60. The van der Waals surface area contributed by atoms with E-state index in [1.54, 1.807) is 23.1 Å². The highest BCUT2D eigenvalue weighted by atomic mass is 35.5. The first kappa shape index (κ1) is 17.1. The van der Waals surface area contributed by atoms with Crippen molar-refractivity contribution < 1.29 is 14.7 Å². The molecule has 5 nitrogen and oxygen atoms in total. The molecule has 0 radical (unpaired) electrons. The van der Waals surface area contributed by atoms with Crippen LogP contribution in [0.3, 0.4) is 0 Å². The maximum absolute atomic E-state index is 12.5. The van der Waals surface area contributed by atoms with Gasteiger partial charge in [-0.15, -0.1) is 0 Å². The number of carbonyl (C=O) groups excluding carboxylic acids is 1. The lowest BCUT2D eigenvalue weighted by Crippen LogP contribution is -2.37. The van der Waals surface area contributed by atoms with Crippen LogP contribution < -0.4 is 5.32 Å². The molecule has 2 rings (SSSR count). The number of hydrogen-bond acceptors (Lipinski definition) is 3. The molecule has 0 aliphatic carbocycles. The number of carboxylic acids is 1. The number of nitrogens with one attached hydrogen (secondary N) is 1. The molecular formula is C15H18Cl2N2O3. The van der Waals surface area contributed by atoms with Crippen molar-refractivity contribution in [2.45, 2.75) is 12.8 Å². The minimum Gasteiger partial charge on any atom is -0.481 e. The number of hydrogen-bond donors (Lipinski definition) is 2. The number of carboxylic acid groups (broad SMARTS) is 1. The molecule has 1 atom stereocenters. The van der Waals surface area contributed by atoms with Crippen LogP contribution in [-0.4, -0.2) is 48.1 Å². The first-order valence-corrected chi connectivity index (χ1v) is 7.86. The van der Waals surface area contributed by atoms with Crippen molar-refractivity contribution in [2.75, 3.05) is 26.2 Å². The summed E-state index contributed by atoms with van der Waals surface area (Å²) in [4.78, 5) is 25.0. The first-order valence-electron chi connectivity index (χ1n) is 7.10. The van der Waals surface area contributed by atoms with Crippen LogP contribution in [0.15, 0.2) is 18.2 Å². The highest BCUT2D eigenvalue weighted by molar-refractivity contribution is 6.36. The van der Waals surface area contributed by atoms with E-state index in [0.29, 0.717) is 41.8 Å². The Kier molecular flexibility index (Phi) is 6.06. The van der Waals surface area contributed by atoms with E-state index in [1.165, 1.54) is 0 Å². The van der Waals surface area contributed by atoms with Crippen LogP contribution in [0.4, 0.5) is 0 Å². The topological polar surface area (TPSA) is 69.6 Å². The van der Waals surface area contributed by atoms with E-state index in [9.17, 15) is 9.59 Å². The van der Waals surface area contributed by atoms with Crippen molar-refractivity contribution in [3.8, 4) is 0 Å². The molecule has 1 heterocycles. The van der Waals surface area contributed by atoms with Crippen LogP contribution in [0.25, 0.3) is 0 Å². The van der Waals surface area contributed by atoms with E-state index >= 15 is 0 Å². The van der Waals surface area contributed by atoms with Crippen LogP contribution in [0.2, 0.25) is 10.0 Å². The average Bonchev–Trinajstić information content (AvgIpc) is 2.68. The summed E-state index contributed by atoms with van der Waals surface area (Å²) in [6.45, 7) is 2.23. The molecule has 1 fully saturated rings. The second kappa shape index (κ2) is 7.81. The molecule has 1 unspecified atom stereocenters. The lowest BCUT2D eigenvalue weighted by molar-refractivity contribution is -0.139. The maximum atomic E-state index is 12.5. The number of nitrogens with zero attached hydrogens (tertiary/aromatic N) is 1. The van der Waals surface area contributed by atoms with Gasteiger partial charge >= 0.3 is 5.97 Å². The summed E-state index contributed by atoms with van der Waals surface area (Å²) in [5.74, 6) is -1.03. The molecule has 120 valence electrons. The van der Waals surface area contributed by atoms with Crippen molar-refractivity contribution in [3.63, 3.8) is 0 Å². The van der Waals surface area contributed by atoms with E-state index < -0.39 is 5.97 Å². The molecule has 1 aromatic carbocycles. The summed E-state index contributed by atoms with van der Waals surface area (Å²) < 4.78 is 0. The highest BCUT2D eigenvalue weighted by Crippen LogP contribution is 2.25. The van der Waals surface area contributed by atoms with Gasteiger partial charge < -0.3 is 15.3 Å². The van der Waals surface area contributed by atoms with Crippen LogP contribution in [0, 0.1) is 5.92 Å². The number of amides is 1. The standard InChI is InChI=1S/C15H18Cl2N2O3/c16-12-2-1-3-13(17)11(12)7-14(20)19-5-4-18-8-10(9-19)6-15(21)22/h1-3,10,18H,4-9H2,(H,21,22). The van der Waals surface area contributed by atoms with Gasteiger partial charge in [0, 0.05) is 36.2 Å². The predicted molar refractivity (Wildman–Crippen MR) is 85.4 cm³/mol. The van der Waals surface area contributed by atoms with E-state index in [1.807, 2.05) is 0 Å². The minimum absolute atomic E-state index is 0.0453. The summed E-state index contributed by atoms with van der Waals surface area (Å²) in [5.41, 5.74) is 0.614. The second-order valence-corrected chi connectivity index (χ2v) is 6.20. The quantitative estimate of drug-likeness (QED) is 0.877. The fraction of sp³-hybridized carbons (Fsp3) is 0.467. The number of benzene rings is 1. The second-order valence-electron chi connectivity index (χ2n) is 5.38. The van der Waals surface area contributed by atoms with Gasteiger partial charge in [-0.3, -0.25) is 9.59 Å². The van der Waals surface area contributed by atoms with Gasteiger partial charge in [0.05, 0.1) is 12.8 Å². The van der Waals surface area contributed by atoms with Gasteiger partial charge in [-0.2, -0.15) is 0 Å². The number of aliphatic carboxylic acids is 1. The smallest absolute Gasteiger partial charge is 0.303 e. The normalized spacial score (nSPS) is 18.8. The van der Waals surface area contributed by atoms with Gasteiger partial charge in [-0.25, -0.2) is 0 Å². The van der Waals surface area contributed by atoms with Crippen molar-refractivity contribution in [3.05, 3.63) is 33.8 Å². The van der Waals surface area contributed by atoms with Gasteiger partial charge in [0.15, 0.2) is 0 Å². The van der Waals surface area contributed by atoms with E-state index in [-0.39, 0.29) is 24.7 Å². The Hall–Kier alpha value is -1.30. The Morgan fingerprint density at radius 1 is 1.32 bits per heavy atom. The Morgan fingerprint density at radius 3 is 2.64 bits per heavy atom. The molecule has 0 spiro atoms. The Balaban J connectivity index is 2.05. The fourth-order valence-electron chi connectivity index (χ4n) is 2.56. The van der Waals surface area contributed by atoms with Crippen molar-refractivity contribution >= 4 is 35.1 Å². The van der Waals surface area contributed by atoms with Crippen molar-refractivity contribution in [1.29, 1.82) is 0 Å². The van der Waals surface area contributed by atoms with Crippen molar-refractivity contribution in [2.24, 2.45) is 5.92 Å². The van der Waals surface area contributed by atoms with Crippen LogP contribution in [0.5, 0.6) is 0 Å². The van der Waals surface area contributed by atoms with E-state index in [2.05, 4.69) is 5.32 Å². The lowest BCUT2D eigenvalue weighted by Gasteiger charge is -2.23. The maximum Gasteiger partial charge on any atom is 0.303 e. The first-order chi connectivity index (χ1) is 10.5.